The molecule has 0 saturated carbocycles. The van der Waals surface area contributed by atoms with Gasteiger partial charge in [-0.2, -0.15) is 0 Å². The molecule has 0 bridgehead atoms. The first kappa shape index (κ1) is 15.4. The molecule has 4 rings (SSSR count). The van der Waals surface area contributed by atoms with Gasteiger partial charge in [0.2, 0.25) is 0 Å². The minimum Gasteiger partial charge on any atom is -0.423 e. The van der Waals surface area contributed by atoms with Crippen LogP contribution in [-0.4, -0.2) is 33.2 Å². The van der Waals surface area contributed by atoms with Crippen LogP contribution in [0, 0.1) is 0 Å². The number of hydrogen-bond donors (Lipinski definition) is 2. The number of fused-ring (bicyclic) bond motifs is 3. The fourth-order valence-electron chi connectivity index (χ4n) is 3.89. The van der Waals surface area contributed by atoms with Gasteiger partial charge in [0.15, 0.2) is 0 Å². The summed E-state index contributed by atoms with van der Waals surface area (Å²) in [6, 6.07) is 14.0. The van der Waals surface area contributed by atoms with Crippen LogP contribution in [0.15, 0.2) is 51.7 Å². The van der Waals surface area contributed by atoms with Crippen LogP contribution in [0.1, 0.15) is 12.0 Å². The molecule has 0 amide bonds. The Balaban J connectivity index is 1.81. The molecule has 1 aromatic heterocycles. The third-order valence-corrected chi connectivity index (χ3v) is 5.19. The SMILES string of the molecule is C[NH+]1CCC[NH+](Cc2cc(=O)oc3ccc4ccccc4c23)CC1. The molecule has 2 heterocycles. The molecule has 2 N–H and O–H groups in total. The number of likely N-dealkylation sites (N-methyl/N-ethyl adjacent to an activating group) is 1. The summed E-state index contributed by atoms with van der Waals surface area (Å²) in [5.74, 6) is 0. The fourth-order valence-corrected chi connectivity index (χ4v) is 3.89. The second-order valence-electron chi connectivity index (χ2n) is 6.99. The molecule has 2 atom stereocenters. The van der Waals surface area contributed by atoms with Crippen LogP contribution in [-0.2, 0) is 6.54 Å². The molecule has 4 heteroatoms. The lowest BCUT2D eigenvalue weighted by atomic mass is 10.0. The molecule has 1 aliphatic rings. The highest BCUT2D eigenvalue weighted by molar-refractivity contribution is 6.06. The summed E-state index contributed by atoms with van der Waals surface area (Å²) < 4.78 is 5.47. The van der Waals surface area contributed by atoms with Gasteiger partial charge < -0.3 is 14.2 Å². The van der Waals surface area contributed by atoms with Crippen molar-refractivity contribution < 1.29 is 14.2 Å². The third-order valence-electron chi connectivity index (χ3n) is 5.19. The molecule has 2 aromatic carbocycles. The monoisotopic (exact) mass is 324 g/mol. The Bertz CT molecular complexity index is 932. The third kappa shape index (κ3) is 2.95. The summed E-state index contributed by atoms with van der Waals surface area (Å²) in [4.78, 5) is 15.2. The van der Waals surface area contributed by atoms with Gasteiger partial charge in [0.05, 0.1) is 20.1 Å². The quantitative estimate of drug-likeness (QED) is 0.524. The molecular formula is C20H24N2O2+2. The van der Waals surface area contributed by atoms with Crippen molar-refractivity contribution >= 4 is 21.7 Å². The average molecular weight is 324 g/mol. The summed E-state index contributed by atoms with van der Waals surface area (Å²) in [5, 5.41) is 3.46. The summed E-state index contributed by atoms with van der Waals surface area (Å²) in [6.45, 7) is 5.64. The Morgan fingerprint density at radius 1 is 1.04 bits per heavy atom. The van der Waals surface area contributed by atoms with Gasteiger partial charge in [0.1, 0.15) is 25.2 Å². The predicted molar refractivity (Wildman–Crippen MR) is 95.6 cm³/mol. The minimum absolute atomic E-state index is 0.246. The molecule has 1 aliphatic heterocycles. The molecule has 24 heavy (non-hydrogen) atoms. The molecule has 0 aliphatic carbocycles. The highest BCUT2D eigenvalue weighted by Gasteiger charge is 2.20. The van der Waals surface area contributed by atoms with E-state index in [1.54, 1.807) is 15.9 Å². The largest absolute Gasteiger partial charge is 0.423 e. The lowest BCUT2D eigenvalue weighted by Gasteiger charge is -2.17. The van der Waals surface area contributed by atoms with Crippen LogP contribution in [0.3, 0.4) is 0 Å². The van der Waals surface area contributed by atoms with Crippen LogP contribution in [0.5, 0.6) is 0 Å². The second kappa shape index (κ2) is 6.38. The van der Waals surface area contributed by atoms with E-state index in [4.69, 9.17) is 4.42 Å². The van der Waals surface area contributed by atoms with E-state index in [1.807, 2.05) is 24.3 Å². The lowest BCUT2D eigenvalue weighted by Crippen LogP contribution is -3.15. The van der Waals surface area contributed by atoms with E-state index in [9.17, 15) is 4.79 Å². The number of quaternary nitrogens is 2. The van der Waals surface area contributed by atoms with Gasteiger partial charge in [0.25, 0.3) is 0 Å². The van der Waals surface area contributed by atoms with E-state index in [1.165, 1.54) is 36.8 Å². The molecule has 2 unspecified atom stereocenters. The maximum atomic E-state index is 12.0. The number of hydrogen-bond acceptors (Lipinski definition) is 2. The molecule has 0 radical (unpaired) electrons. The Hall–Kier alpha value is -2.17. The zero-order valence-electron chi connectivity index (χ0n) is 14.1. The number of nitrogens with one attached hydrogen (secondary N) is 2. The first-order chi connectivity index (χ1) is 11.7. The number of rotatable bonds is 2. The molecule has 124 valence electrons. The summed E-state index contributed by atoms with van der Waals surface area (Å²) in [7, 11) is 2.27. The number of benzene rings is 2. The van der Waals surface area contributed by atoms with E-state index >= 15 is 0 Å². The summed E-state index contributed by atoms with van der Waals surface area (Å²) in [6.07, 6.45) is 1.24. The zero-order chi connectivity index (χ0) is 16.5. The average Bonchev–Trinajstić information content (AvgIpc) is 2.78. The fraction of sp³-hybridized carbons (Fsp3) is 0.350. The van der Waals surface area contributed by atoms with Crippen LogP contribution < -0.4 is 15.4 Å². The van der Waals surface area contributed by atoms with E-state index in [2.05, 4.69) is 19.2 Å². The molecule has 1 saturated heterocycles. The maximum absolute atomic E-state index is 12.0. The van der Waals surface area contributed by atoms with Crippen LogP contribution in [0.2, 0.25) is 0 Å². The van der Waals surface area contributed by atoms with Crippen molar-refractivity contribution in [1.82, 2.24) is 0 Å². The normalized spacial score (nSPS) is 21.9. The van der Waals surface area contributed by atoms with Crippen LogP contribution in [0.4, 0.5) is 0 Å². The van der Waals surface area contributed by atoms with Crippen molar-refractivity contribution in [2.45, 2.75) is 13.0 Å². The van der Waals surface area contributed by atoms with E-state index in [0.717, 1.165) is 24.0 Å². The lowest BCUT2D eigenvalue weighted by molar-refractivity contribution is -0.938. The predicted octanol–water partition coefficient (Wildman–Crippen LogP) is 0.250. The van der Waals surface area contributed by atoms with Gasteiger partial charge in [-0.25, -0.2) is 4.79 Å². The minimum atomic E-state index is -0.246. The van der Waals surface area contributed by atoms with Crippen molar-refractivity contribution in [2.24, 2.45) is 0 Å². The van der Waals surface area contributed by atoms with Gasteiger partial charge in [-0.05, 0) is 16.8 Å². The molecule has 3 aromatic rings. The van der Waals surface area contributed by atoms with Gasteiger partial charge >= 0.3 is 5.63 Å². The topological polar surface area (TPSA) is 39.1 Å². The summed E-state index contributed by atoms with van der Waals surface area (Å²) >= 11 is 0. The Morgan fingerprint density at radius 2 is 1.92 bits per heavy atom. The molecule has 1 fully saturated rings. The second-order valence-corrected chi connectivity index (χ2v) is 6.99. The van der Waals surface area contributed by atoms with Gasteiger partial charge in [-0.15, -0.1) is 0 Å². The van der Waals surface area contributed by atoms with Crippen molar-refractivity contribution in [3.8, 4) is 0 Å². The van der Waals surface area contributed by atoms with Crippen molar-refractivity contribution in [3.05, 3.63) is 58.4 Å². The Kier molecular flexibility index (Phi) is 4.08. The molecular weight excluding hydrogens is 300 g/mol. The standard InChI is InChI=1S/C20H22N2O2/c1-21-9-4-10-22(12-11-21)14-16-13-19(23)24-18-8-7-15-5-2-3-6-17(15)20(16)18/h2-3,5-8,13H,4,9-12,14H2,1H3/p+2. The highest BCUT2D eigenvalue weighted by atomic mass is 16.4. The maximum Gasteiger partial charge on any atom is 0.336 e. The first-order valence-electron chi connectivity index (χ1n) is 8.80. The van der Waals surface area contributed by atoms with E-state index in [-0.39, 0.29) is 5.63 Å². The first-order valence-corrected chi connectivity index (χ1v) is 8.80. The van der Waals surface area contributed by atoms with E-state index < -0.39 is 0 Å². The van der Waals surface area contributed by atoms with Gasteiger partial charge in [-0.1, -0.05) is 30.3 Å². The Morgan fingerprint density at radius 3 is 2.83 bits per heavy atom. The summed E-state index contributed by atoms with van der Waals surface area (Å²) in [5.41, 5.74) is 1.57. The van der Waals surface area contributed by atoms with Crippen molar-refractivity contribution in [3.63, 3.8) is 0 Å². The van der Waals surface area contributed by atoms with Crippen LogP contribution in [0.25, 0.3) is 21.7 Å². The van der Waals surface area contributed by atoms with Crippen molar-refractivity contribution in [2.75, 3.05) is 33.2 Å². The zero-order valence-corrected chi connectivity index (χ0v) is 14.1. The highest BCUT2D eigenvalue weighted by Crippen LogP contribution is 2.26. The van der Waals surface area contributed by atoms with Gasteiger partial charge in [-0.3, -0.25) is 0 Å². The Labute approximate surface area is 141 Å². The molecule has 4 nitrogen and oxygen atoms in total. The smallest absolute Gasteiger partial charge is 0.336 e. The van der Waals surface area contributed by atoms with Crippen LogP contribution >= 0.6 is 0 Å². The van der Waals surface area contributed by atoms with Gasteiger partial charge in [0, 0.05) is 23.4 Å². The van der Waals surface area contributed by atoms with E-state index in [0.29, 0.717) is 5.58 Å². The molecule has 0 spiro atoms. The van der Waals surface area contributed by atoms with Crippen molar-refractivity contribution in [1.29, 1.82) is 0 Å².